The first-order valence-electron chi connectivity index (χ1n) is 11.9. The maximum atomic E-state index is 14.4. The van der Waals surface area contributed by atoms with Crippen molar-refractivity contribution in [2.24, 2.45) is 17.8 Å². The number of anilines is 1. The number of nitrogens with two attached hydrogens (primary N) is 1. The first kappa shape index (κ1) is 21.7. The average Bonchev–Trinajstić information content (AvgIpc) is 3.28. The smallest absolute Gasteiger partial charge is 0.231 e. The third-order valence-corrected chi connectivity index (χ3v) is 7.28. The van der Waals surface area contributed by atoms with Crippen molar-refractivity contribution in [3.8, 4) is 34.5 Å². The zero-order valence-corrected chi connectivity index (χ0v) is 19.8. The Balaban J connectivity index is 1.50. The minimum atomic E-state index is -0.484. The molecule has 6 rings (SSSR count). The predicted octanol–water partition coefficient (Wildman–Crippen LogP) is 3.60. The Morgan fingerprint density at radius 3 is 2.69 bits per heavy atom. The lowest BCUT2D eigenvalue weighted by atomic mass is 10.0. The van der Waals surface area contributed by atoms with E-state index in [1.165, 1.54) is 12.4 Å². The van der Waals surface area contributed by atoms with Crippen LogP contribution in [0, 0.1) is 35.4 Å². The molecule has 1 aliphatic carbocycles. The van der Waals surface area contributed by atoms with Crippen molar-refractivity contribution in [2.45, 2.75) is 33.2 Å². The summed E-state index contributed by atoms with van der Waals surface area (Å²) in [5.74, 6) is 8.42. The molecule has 3 aromatic rings. The molecule has 0 bridgehead atoms. The molecular formula is C26H26FN5O3. The SMILES string of the molecule is CCC(=O)N1C[C@@H]2[C@@H](C#Cc3c(-c4ccc(F)c5c4OCO5)c4c(N)ncnc4n3C(C)C)[C@@H]2C1. The van der Waals surface area contributed by atoms with Gasteiger partial charge in [-0.1, -0.05) is 12.8 Å². The van der Waals surface area contributed by atoms with E-state index in [1.54, 1.807) is 6.07 Å². The number of carbonyl (C=O) groups excluding carboxylic acids is 1. The summed E-state index contributed by atoms with van der Waals surface area (Å²) in [7, 11) is 0. The standard InChI is InChI=1S/C26H26FN5O3/c1-4-20(33)31-9-16-14(17(16)10-31)6-8-19-21(15-5-7-18(27)24-23(15)34-12-35-24)22-25(28)29-11-30-26(22)32(19)13(2)3/h5,7,11,13-14,16-17H,4,9-10,12H2,1-3H3,(H2,28,29,30)/t14-,16-,17+. The van der Waals surface area contributed by atoms with Gasteiger partial charge in [0.1, 0.15) is 23.5 Å². The van der Waals surface area contributed by atoms with Crippen LogP contribution in [0.4, 0.5) is 10.2 Å². The first-order chi connectivity index (χ1) is 16.9. The van der Waals surface area contributed by atoms with Gasteiger partial charge in [0.15, 0.2) is 11.6 Å². The minimum Gasteiger partial charge on any atom is -0.453 e. The number of halogens is 1. The lowest BCUT2D eigenvalue weighted by Crippen LogP contribution is -2.30. The van der Waals surface area contributed by atoms with Crippen LogP contribution < -0.4 is 15.2 Å². The van der Waals surface area contributed by atoms with Gasteiger partial charge in [0.25, 0.3) is 0 Å². The van der Waals surface area contributed by atoms with Crippen LogP contribution in [0.25, 0.3) is 22.2 Å². The van der Waals surface area contributed by atoms with Gasteiger partial charge in [0.05, 0.1) is 5.39 Å². The van der Waals surface area contributed by atoms with E-state index in [1.807, 2.05) is 16.4 Å². The number of hydrogen-bond donors (Lipinski definition) is 1. The molecule has 3 atom stereocenters. The number of rotatable bonds is 3. The van der Waals surface area contributed by atoms with Crippen molar-refractivity contribution < 1.29 is 18.7 Å². The van der Waals surface area contributed by atoms with Gasteiger partial charge in [-0.25, -0.2) is 14.4 Å². The van der Waals surface area contributed by atoms with Gasteiger partial charge in [-0.15, -0.1) is 0 Å². The van der Waals surface area contributed by atoms with Gasteiger partial charge >= 0.3 is 0 Å². The Labute approximate surface area is 202 Å². The number of aromatic nitrogens is 3. The maximum Gasteiger partial charge on any atom is 0.231 e. The second kappa shape index (κ2) is 7.87. The van der Waals surface area contributed by atoms with Crippen LogP contribution in [0.1, 0.15) is 38.9 Å². The Bertz CT molecular complexity index is 1420. The number of piperidine rings is 1. The summed E-state index contributed by atoms with van der Waals surface area (Å²) >= 11 is 0. The van der Waals surface area contributed by atoms with E-state index in [0.717, 1.165) is 24.3 Å². The number of nitrogens with zero attached hydrogens (tertiary/aromatic N) is 4. The van der Waals surface area contributed by atoms with E-state index < -0.39 is 5.82 Å². The fourth-order valence-electron chi connectivity index (χ4n) is 5.52. The highest BCUT2D eigenvalue weighted by Crippen LogP contribution is 2.52. The Kier molecular flexibility index (Phi) is 4.88. The molecule has 1 saturated heterocycles. The zero-order valence-electron chi connectivity index (χ0n) is 19.8. The second-order valence-electron chi connectivity index (χ2n) is 9.58. The molecule has 0 unspecified atom stereocenters. The summed E-state index contributed by atoms with van der Waals surface area (Å²) in [6.45, 7) is 7.49. The molecule has 4 heterocycles. The van der Waals surface area contributed by atoms with E-state index in [0.29, 0.717) is 46.4 Å². The van der Waals surface area contributed by atoms with Crippen LogP contribution in [-0.4, -0.2) is 45.2 Å². The number of likely N-dealkylation sites (tertiary alicyclic amines) is 1. The first-order valence-corrected chi connectivity index (χ1v) is 11.9. The topological polar surface area (TPSA) is 95.5 Å². The largest absolute Gasteiger partial charge is 0.453 e. The molecule has 0 spiro atoms. The Morgan fingerprint density at radius 1 is 1.23 bits per heavy atom. The van der Waals surface area contributed by atoms with Gasteiger partial charge in [-0.05, 0) is 43.7 Å². The number of hydrogen-bond acceptors (Lipinski definition) is 6. The third kappa shape index (κ3) is 3.23. The summed E-state index contributed by atoms with van der Waals surface area (Å²) in [5, 5.41) is 0.658. The molecule has 1 aromatic carbocycles. The van der Waals surface area contributed by atoms with Crippen molar-refractivity contribution in [3.63, 3.8) is 0 Å². The van der Waals surface area contributed by atoms with Crippen LogP contribution in [0.2, 0.25) is 0 Å². The molecular weight excluding hydrogens is 449 g/mol. The van der Waals surface area contributed by atoms with Gasteiger partial charge in [-0.2, -0.15) is 0 Å². The number of nitrogen functional groups attached to an aromatic ring is 1. The van der Waals surface area contributed by atoms with Crippen molar-refractivity contribution in [2.75, 3.05) is 25.6 Å². The van der Waals surface area contributed by atoms with Crippen LogP contribution in [0.5, 0.6) is 11.5 Å². The fraction of sp³-hybridized carbons (Fsp3) is 0.423. The quantitative estimate of drug-likeness (QED) is 0.582. The molecule has 1 amide bonds. The van der Waals surface area contributed by atoms with Crippen molar-refractivity contribution in [3.05, 3.63) is 30.0 Å². The van der Waals surface area contributed by atoms with E-state index >= 15 is 0 Å². The van der Waals surface area contributed by atoms with Gasteiger partial charge in [0, 0.05) is 42.6 Å². The number of carbonyl (C=O) groups is 1. The summed E-state index contributed by atoms with van der Waals surface area (Å²) in [5.41, 5.74) is 9.12. The van der Waals surface area contributed by atoms with E-state index in [2.05, 4.69) is 35.7 Å². The zero-order chi connectivity index (χ0) is 24.4. The Morgan fingerprint density at radius 2 is 1.97 bits per heavy atom. The average molecular weight is 476 g/mol. The summed E-state index contributed by atoms with van der Waals surface area (Å²) in [4.78, 5) is 22.8. The number of amides is 1. The van der Waals surface area contributed by atoms with E-state index in [4.69, 9.17) is 15.2 Å². The molecule has 1 saturated carbocycles. The van der Waals surface area contributed by atoms with Crippen LogP contribution >= 0.6 is 0 Å². The van der Waals surface area contributed by atoms with Crippen LogP contribution in [0.3, 0.4) is 0 Å². The summed E-state index contributed by atoms with van der Waals surface area (Å²) in [6.07, 6.45) is 1.97. The third-order valence-electron chi connectivity index (χ3n) is 7.28. The van der Waals surface area contributed by atoms with Gasteiger partial charge in [-0.3, -0.25) is 4.79 Å². The highest BCUT2D eigenvalue weighted by atomic mass is 19.1. The number of fused-ring (bicyclic) bond motifs is 3. The summed E-state index contributed by atoms with van der Waals surface area (Å²) in [6, 6.07) is 3.07. The van der Waals surface area contributed by atoms with Gasteiger partial charge in [0.2, 0.25) is 18.4 Å². The molecule has 2 fully saturated rings. The van der Waals surface area contributed by atoms with Gasteiger partial charge < -0.3 is 24.7 Å². The van der Waals surface area contributed by atoms with E-state index in [-0.39, 0.29) is 30.4 Å². The highest BCUT2D eigenvalue weighted by molar-refractivity contribution is 6.05. The molecule has 2 N–H and O–H groups in total. The predicted molar refractivity (Wildman–Crippen MR) is 128 cm³/mol. The van der Waals surface area contributed by atoms with Crippen molar-refractivity contribution >= 4 is 22.8 Å². The maximum absolute atomic E-state index is 14.4. The van der Waals surface area contributed by atoms with Crippen molar-refractivity contribution in [1.82, 2.24) is 19.4 Å². The number of benzene rings is 1. The molecule has 8 nitrogen and oxygen atoms in total. The van der Waals surface area contributed by atoms with E-state index in [9.17, 15) is 9.18 Å². The van der Waals surface area contributed by atoms with Crippen LogP contribution in [0.15, 0.2) is 18.5 Å². The minimum absolute atomic E-state index is 0.0342. The fourth-order valence-corrected chi connectivity index (χ4v) is 5.52. The second-order valence-corrected chi connectivity index (χ2v) is 9.58. The Hall–Kier alpha value is -3.80. The highest BCUT2D eigenvalue weighted by Gasteiger charge is 2.55. The molecule has 9 heteroatoms. The molecule has 3 aliphatic rings. The molecule has 2 aliphatic heterocycles. The normalized spacial score (nSPS) is 21.9. The number of ether oxygens (including phenoxy) is 2. The molecule has 2 aromatic heterocycles. The van der Waals surface area contributed by atoms with Crippen LogP contribution in [-0.2, 0) is 4.79 Å². The monoisotopic (exact) mass is 475 g/mol. The lowest BCUT2D eigenvalue weighted by molar-refractivity contribution is -0.130. The molecule has 180 valence electrons. The van der Waals surface area contributed by atoms with Crippen molar-refractivity contribution in [1.29, 1.82) is 0 Å². The summed E-state index contributed by atoms with van der Waals surface area (Å²) < 4.78 is 27.5. The molecule has 35 heavy (non-hydrogen) atoms. The molecule has 0 radical (unpaired) electrons. The lowest BCUT2D eigenvalue weighted by Gasteiger charge is -2.17.